The Morgan fingerprint density at radius 3 is 2.57 bits per heavy atom. The van der Waals surface area contributed by atoms with Crippen molar-refractivity contribution < 1.29 is 23.5 Å². The van der Waals surface area contributed by atoms with Gasteiger partial charge in [-0.05, 0) is 51.0 Å². The summed E-state index contributed by atoms with van der Waals surface area (Å²) in [7, 11) is 1.83. The van der Waals surface area contributed by atoms with E-state index in [1.54, 1.807) is 17.0 Å². The van der Waals surface area contributed by atoms with E-state index in [9.17, 15) is 14.0 Å². The van der Waals surface area contributed by atoms with Gasteiger partial charge >= 0.3 is 0 Å². The van der Waals surface area contributed by atoms with Gasteiger partial charge in [0.05, 0.1) is 13.1 Å². The number of piperidine rings is 1. The van der Waals surface area contributed by atoms with Crippen LogP contribution in [-0.2, 0) is 14.3 Å². The standard InChI is InChI=1S/C22H32FN3O4/c1-16(2)24(3)21(27)13-25-10-8-18(9-11-25)26-12-20(30-15-22(26)28)14-29-19-6-4-17(23)5-7-19/h4-7,16,18,20H,8-15H2,1-3H3/t20-/m1/s1. The number of likely N-dealkylation sites (tertiary alicyclic amines) is 1. The van der Waals surface area contributed by atoms with E-state index < -0.39 is 0 Å². The molecule has 30 heavy (non-hydrogen) atoms. The van der Waals surface area contributed by atoms with Crippen LogP contribution in [-0.4, -0.2) is 91.1 Å². The number of halogens is 1. The molecule has 0 spiro atoms. The molecular formula is C22H32FN3O4. The predicted molar refractivity (Wildman–Crippen MR) is 111 cm³/mol. The highest BCUT2D eigenvalue weighted by atomic mass is 19.1. The summed E-state index contributed by atoms with van der Waals surface area (Å²) in [5.74, 6) is 0.399. The van der Waals surface area contributed by atoms with Gasteiger partial charge in [-0.1, -0.05) is 0 Å². The van der Waals surface area contributed by atoms with Crippen molar-refractivity contribution in [3.63, 3.8) is 0 Å². The Balaban J connectivity index is 1.46. The summed E-state index contributed by atoms with van der Waals surface area (Å²) < 4.78 is 24.3. The van der Waals surface area contributed by atoms with Crippen LogP contribution in [0.25, 0.3) is 0 Å². The minimum Gasteiger partial charge on any atom is -0.491 e. The van der Waals surface area contributed by atoms with E-state index in [1.165, 1.54) is 12.1 Å². The molecule has 2 fully saturated rings. The molecule has 0 aliphatic carbocycles. The third-order valence-electron chi connectivity index (χ3n) is 5.94. The first-order valence-electron chi connectivity index (χ1n) is 10.6. The predicted octanol–water partition coefficient (Wildman–Crippen LogP) is 1.76. The second-order valence-electron chi connectivity index (χ2n) is 8.35. The van der Waals surface area contributed by atoms with Gasteiger partial charge in [0, 0.05) is 32.2 Å². The second kappa shape index (κ2) is 10.2. The molecule has 0 aromatic heterocycles. The SMILES string of the molecule is CC(C)N(C)C(=O)CN1CCC(N2C[C@H](COc3ccc(F)cc3)OCC2=O)CC1. The third-order valence-corrected chi connectivity index (χ3v) is 5.94. The average molecular weight is 422 g/mol. The molecule has 0 radical (unpaired) electrons. The van der Waals surface area contributed by atoms with Gasteiger partial charge in [-0.15, -0.1) is 0 Å². The fourth-order valence-corrected chi connectivity index (χ4v) is 3.80. The van der Waals surface area contributed by atoms with Gasteiger partial charge < -0.3 is 19.3 Å². The molecule has 2 saturated heterocycles. The van der Waals surface area contributed by atoms with Crippen molar-refractivity contribution in [3.8, 4) is 5.75 Å². The van der Waals surface area contributed by atoms with Crippen LogP contribution in [0.5, 0.6) is 5.75 Å². The summed E-state index contributed by atoms with van der Waals surface area (Å²) >= 11 is 0. The maximum absolute atomic E-state index is 13.0. The maximum atomic E-state index is 13.0. The summed E-state index contributed by atoms with van der Waals surface area (Å²) in [6, 6.07) is 6.21. The Kier molecular flexibility index (Phi) is 7.66. The summed E-state index contributed by atoms with van der Waals surface area (Å²) in [5.41, 5.74) is 0. The van der Waals surface area contributed by atoms with Gasteiger partial charge in [0.1, 0.15) is 30.9 Å². The Morgan fingerprint density at radius 1 is 1.27 bits per heavy atom. The molecule has 1 aromatic rings. The normalized spacial score (nSPS) is 21.2. The summed E-state index contributed by atoms with van der Waals surface area (Å²) in [6.07, 6.45) is 1.47. The number of likely N-dealkylation sites (N-methyl/N-ethyl adjacent to an activating group) is 1. The number of hydrogen-bond donors (Lipinski definition) is 0. The molecule has 2 heterocycles. The van der Waals surface area contributed by atoms with Crippen LogP contribution < -0.4 is 4.74 Å². The fourth-order valence-electron chi connectivity index (χ4n) is 3.80. The number of carbonyl (C=O) groups is 2. The van der Waals surface area contributed by atoms with E-state index in [2.05, 4.69) is 4.90 Å². The van der Waals surface area contributed by atoms with Crippen LogP contribution in [0.1, 0.15) is 26.7 Å². The van der Waals surface area contributed by atoms with Crippen LogP contribution in [0.4, 0.5) is 4.39 Å². The quantitative estimate of drug-likeness (QED) is 0.672. The molecule has 166 valence electrons. The topological polar surface area (TPSA) is 62.3 Å². The molecule has 3 rings (SSSR count). The van der Waals surface area contributed by atoms with Gasteiger partial charge in [0.2, 0.25) is 11.8 Å². The summed E-state index contributed by atoms with van der Waals surface area (Å²) in [4.78, 5) is 30.6. The van der Waals surface area contributed by atoms with Crippen LogP contribution >= 0.6 is 0 Å². The van der Waals surface area contributed by atoms with Gasteiger partial charge in [0.25, 0.3) is 0 Å². The lowest BCUT2D eigenvalue weighted by atomic mass is 10.0. The van der Waals surface area contributed by atoms with Crippen molar-refractivity contribution in [2.45, 2.75) is 44.9 Å². The van der Waals surface area contributed by atoms with Gasteiger partial charge in [-0.25, -0.2) is 4.39 Å². The smallest absolute Gasteiger partial charge is 0.248 e. The van der Waals surface area contributed by atoms with Crippen LogP contribution in [0.3, 0.4) is 0 Å². The number of benzene rings is 1. The summed E-state index contributed by atoms with van der Waals surface area (Å²) in [6.45, 7) is 6.87. The molecular weight excluding hydrogens is 389 g/mol. The minimum absolute atomic E-state index is 0.00194. The lowest BCUT2D eigenvalue weighted by Gasteiger charge is -2.42. The molecule has 2 aliphatic heterocycles. The third kappa shape index (κ3) is 5.92. The zero-order valence-corrected chi connectivity index (χ0v) is 18.1. The Labute approximate surface area is 177 Å². The number of morpholine rings is 1. The zero-order chi connectivity index (χ0) is 21.7. The molecule has 0 saturated carbocycles. The molecule has 2 aliphatic rings. The molecule has 7 nitrogen and oxygen atoms in total. The van der Waals surface area contributed by atoms with E-state index in [1.807, 2.05) is 25.8 Å². The van der Waals surface area contributed by atoms with Crippen LogP contribution in [0.2, 0.25) is 0 Å². The maximum Gasteiger partial charge on any atom is 0.248 e. The Bertz CT molecular complexity index is 720. The van der Waals surface area contributed by atoms with E-state index in [4.69, 9.17) is 9.47 Å². The zero-order valence-electron chi connectivity index (χ0n) is 18.1. The van der Waals surface area contributed by atoms with E-state index in [0.717, 1.165) is 25.9 Å². The van der Waals surface area contributed by atoms with E-state index >= 15 is 0 Å². The van der Waals surface area contributed by atoms with Gasteiger partial charge in [0.15, 0.2) is 0 Å². The lowest BCUT2D eigenvalue weighted by molar-refractivity contribution is -0.155. The number of ether oxygens (including phenoxy) is 2. The molecule has 0 unspecified atom stereocenters. The Hall–Kier alpha value is -2.19. The average Bonchev–Trinajstić information content (AvgIpc) is 2.74. The highest BCUT2D eigenvalue weighted by molar-refractivity contribution is 5.79. The molecule has 1 aromatic carbocycles. The molecule has 2 amide bonds. The molecule has 0 N–H and O–H groups in total. The van der Waals surface area contributed by atoms with Gasteiger partial charge in [-0.2, -0.15) is 0 Å². The van der Waals surface area contributed by atoms with Crippen molar-refractivity contribution in [2.75, 3.05) is 46.4 Å². The first-order chi connectivity index (χ1) is 14.3. The summed E-state index contributed by atoms with van der Waals surface area (Å²) in [5, 5.41) is 0. The molecule has 8 heteroatoms. The number of carbonyl (C=O) groups excluding carboxylic acids is 2. The van der Waals surface area contributed by atoms with Crippen molar-refractivity contribution in [2.24, 2.45) is 0 Å². The molecule has 1 atom stereocenters. The van der Waals surface area contributed by atoms with E-state index in [0.29, 0.717) is 25.4 Å². The van der Waals surface area contributed by atoms with Crippen LogP contribution in [0, 0.1) is 5.82 Å². The van der Waals surface area contributed by atoms with Gasteiger partial charge in [-0.3, -0.25) is 14.5 Å². The van der Waals surface area contributed by atoms with Crippen LogP contribution in [0.15, 0.2) is 24.3 Å². The molecule has 0 bridgehead atoms. The lowest BCUT2D eigenvalue weighted by Crippen LogP contribution is -2.56. The number of amides is 2. The van der Waals surface area contributed by atoms with E-state index in [-0.39, 0.29) is 42.4 Å². The number of rotatable bonds is 7. The van der Waals surface area contributed by atoms with Crippen molar-refractivity contribution >= 4 is 11.8 Å². The minimum atomic E-state index is -0.308. The van der Waals surface area contributed by atoms with Crippen molar-refractivity contribution in [3.05, 3.63) is 30.1 Å². The monoisotopic (exact) mass is 421 g/mol. The number of nitrogens with zero attached hydrogens (tertiary/aromatic N) is 3. The second-order valence-corrected chi connectivity index (χ2v) is 8.35. The largest absolute Gasteiger partial charge is 0.491 e. The van der Waals surface area contributed by atoms with Crippen molar-refractivity contribution in [1.82, 2.24) is 14.7 Å². The van der Waals surface area contributed by atoms with Crippen molar-refractivity contribution in [1.29, 1.82) is 0 Å². The first kappa shape index (κ1) is 22.5. The highest BCUT2D eigenvalue weighted by Crippen LogP contribution is 2.21. The Morgan fingerprint density at radius 2 is 1.93 bits per heavy atom. The fraction of sp³-hybridized carbons (Fsp3) is 0.636. The first-order valence-corrected chi connectivity index (χ1v) is 10.6. The highest BCUT2D eigenvalue weighted by Gasteiger charge is 2.34. The number of hydrogen-bond acceptors (Lipinski definition) is 5.